The predicted octanol–water partition coefficient (Wildman–Crippen LogP) is 4.75. The molecule has 2 aliphatic heterocycles. The summed E-state index contributed by atoms with van der Waals surface area (Å²) in [5, 5.41) is 6.89. The van der Waals surface area contributed by atoms with E-state index < -0.39 is 15.1 Å². The average molecular weight is 483 g/mol. The molecule has 0 aromatic heterocycles. The number of hydrogen-bond acceptors (Lipinski definition) is 6. The first-order valence-electron chi connectivity index (χ1n) is 12.1. The number of likely N-dealkylation sites (tertiary alicyclic amines) is 1. The second kappa shape index (κ2) is 8.89. The fourth-order valence-corrected chi connectivity index (χ4v) is 7.15. The summed E-state index contributed by atoms with van der Waals surface area (Å²) >= 11 is 0. The number of hydrogen-bond donors (Lipinski definition) is 2. The van der Waals surface area contributed by atoms with Gasteiger partial charge >= 0.3 is 0 Å². The van der Waals surface area contributed by atoms with Gasteiger partial charge in [0.1, 0.15) is 5.75 Å². The lowest BCUT2D eigenvalue weighted by Gasteiger charge is -2.31. The van der Waals surface area contributed by atoms with Crippen LogP contribution in [0.15, 0.2) is 45.7 Å². The molecule has 182 valence electrons. The zero-order chi connectivity index (χ0) is 23.9. The number of para-hydroxylation sites is 1. The van der Waals surface area contributed by atoms with Gasteiger partial charge in [0.05, 0.1) is 44.2 Å². The normalized spacial score (nSPS) is 21.7. The van der Waals surface area contributed by atoms with Crippen molar-refractivity contribution in [1.82, 2.24) is 4.90 Å². The van der Waals surface area contributed by atoms with E-state index in [9.17, 15) is 9.00 Å². The highest BCUT2D eigenvalue weighted by Crippen LogP contribution is 2.52. The Kier molecular flexibility index (Phi) is 6.06. The number of amides is 1. The number of carbonyl (C=O) groups excluding carboxylic acids is 1. The molecule has 34 heavy (non-hydrogen) atoms. The van der Waals surface area contributed by atoms with Gasteiger partial charge in [-0.2, -0.15) is 4.36 Å². The molecule has 2 heterocycles. The van der Waals surface area contributed by atoms with Gasteiger partial charge in [-0.1, -0.05) is 25.0 Å². The van der Waals surface area contributed by atoms with Crippen LogP contribution in [0.3, 0.4) is 0 Å². The SMILES string of the molecule is COc1ccccc1S(C)(=O)=Nc1cc(NC2CCN(C)CC2)c2c(c1)C1(CCCC1)C(=O)N2. The molecule has 1 saturated heterocycles. The number of methoxy groups -OCH3 is 1. The molecular formula is C26H34N4O3S. The maximum absolute atomic E-state index is 13.8. The minimum atomic E-state index is -2.77. The number of fused-ring (bicyclic) bond motifs is 2. The minimum Gasteiger partial charge on any atom is -0.495 e. The fraction of sp³-hybridized carbons (Fsp3) is 0.500. The van der Waals surface area contributed by atoms with E-state index >= 15 is 0 Å². The summed E-state index contributed by atoms with van der Waals surface area (Å²) < 4.78 is 24.0. The van der Waals surface area contributed by atoms with Crippen LogP contribution in [-0.2, 0) is 19.9 Å². The molecule has 0 radical (unpaired) electrons. The lowest BCUT2D eigenvalue weighted by molar-refractivity contribution is -0.120. The lowest BCUT2D eigenvalue weighted by Crippen LogP contribution is -2.36. The Balaban J connectivity index is 1.61. The molecule has 1 spiro atoms. The summed E-state index contributed by atoms with van der Waals surface area (Å²) in [6.07, 6.45) is 7.50. The Morgan fingerprint density at radius 1 is 1.18 bits per heavy atom. The lowest BCUT2D eigenvalue weighted by atomic mass is 9.80. The van der Waals surface area contributed by atoms with Crippen LogP contribution >= 0.6 is 0 Å². The van der Waals surface area contributed by atoms with E-state index in [1.165, 1.54) is 0 Å². The van der Waals surface area contributed by atoms with E-state index in [0.717, 1.165) is 68.6 Å². The van der Waals surface area contributed by atoms with Crippen LogP contribution in [0.4, 0.5) is 17.1 Å². The first kappa shape index (κ1) is 23.2. The van der Waals surface area contributed by atoms with Gasteiger partial charge in [-0.3, -0.25) is 4.79 Å². The fourth-order valence-electron chi connectivity index (χ4n) is 5.69. The van der Waals surface area contributed by atoms with Gasteiger partial charge in [-0.05, 0) is 75.6 Å². The minimum absolute atomic E-state index is 0.0885. The molecule has 1 aliphatic carbocycles. The number of carbonyl (C=O) groups is 1. The largest absolute Gasteiger partial charge is 0.495 e. The first-order chi connectivity index (χ1) is 16.3. The number of rotatable bonds is 5. The second-order valence-electron chi connectivity index (χ2n) is 9.93. The summed E-state index contributed by atoms with van der Waals surface area (Å²) in [5.41, 5.74) is 2.91. The van der Waals surface area contributed by atoms with Crippen molar-refractivity contribution in [3.8, 4) is 5.75 Å². The van der Waals surface area contributed by atoms with Crippen molar-refractivity contribution in [3.63, 3.8) is 0 Å². The van der Waals surface area contributed by atoms with Crippen LogP contribution < -0.4 is 15.4 Å². The smallest absolute Gasteiger partial charge is 0.235 e. The molecule has 2 aromatic rings. The van der Waals surface area contributed by atoms with Crippen LogP contribution in [0.5, 0.6) is 5.75 Å². The highest BCUT2D eigenvalue weighted by atomic mass is 32.2. The van der Waals surface area contributed by atoms with Gasteiger partial charge in [0.25, 0.3) is 0 Å². The molecule has 1 atom stereocenters. The van der Waals surface area contributed by atoms with Gasteiger partial charge < -0.3 is 20.3 Å². The van der Waals surface area contributed by atoms with Crippen LogP contribution in [0, 0.1) is 0 Å². The van der Waals surface area contributed by atoms with E-state index in [4.69, 9.17) is 9.10 Å². The van der Waals surface area contributed by atoms with Gasteiger partial charge in [-0.15, -0.1) is 0 Å². The van der Waals surface area contributed by atoms with Crippen molar-refractivity contribution in [3.05, 3.63) is 42.0 Å². The van der Waals surface area contributed by atoms with Gasteiger partial charge in [0, 0.05) is 12.3 Å². The van der Waals surface area contributed by atoms with Crippen molar-refractivity contribution in [2.75, 3.05) is 44.1 Å². The number of piperidine rings is 1. The molecule has 2 N–H and O–H groups in total. The van der Waals surface area contributed by atoms with Crippen molar-refractivity contribution >= 4 is 32.7 Å². The summed E-state index contributed by atoms with van der Waals surface area (Å²) in [5.74, 6) is 0.652. The second-order valence-corrected chi connectivity index (χ2v) is 12.2. The molecule has 1 unspecified atom stereocenters. The number of anilines is 2. The van der Waals surface area contributed by atoms with Crippen LogP contribution in [0.25, 0.3) is 0 Å². The van der Waals surface area contributed by atoms with Crippen LogP contribution in [0.1, 0.15) is 44.1 Å². The molecule has 1 amide bonds. The van der Waals surface area contributed by atoms with Crippen LogP contribution in [-0.4, -0.2) is 54.6 Å². The van der Waals surface area contributed by atoms with Gasteiger partial charge in [-0.25, -0.2) is 4.21 Å². The van der Waals surface area contributed by atoms with Crippen molar-refractivity contribution in [1.29, 1.82) is 0 Å². The van der Waals surface area contributed by atoms with Gasteiger partial charge in [0.2, 0.25) is 5.91 Å². The number of nitrogens with zero attached hydrogens (tertiary/aromatic N) is 2. The topological polar surface area (TPSA) is 83.0 Å². The highest BCUT2D eigenvalue weighted by molar-refractivity contribution is 7.93. The third kappa shape index (κ3) is 4.07. The van der Waals surface area contributed by atoms with E-state index in [-0.39, 0.29) is 5.91 Å². The third-order valence-corrected chi connectivity index (χ3v) is 9.32. The molecule has 0 bridgehead atoms. The molecule has 8 heteroatoms. The Morgan fingerprint density at radius 2 is 1.88 bits per heavy atom. The Hall–Kier alpha value is -2.58. The summed E-state index contributed by atoms with van der Waals surface area (Å²) in [4.78, 5) is 16.1. The van der Waals surface area contributed by atoms with E-state index in [1.54, 1.807) is 25.5 Å². The van der Waals surface area contributed by atoms with E-state index in [0.29, 0.717) is 22.4 Å². The van der Waals surface area contributed by atoms with Crippen molar-refractivity contribution in [2.45, 2.75) is 54.9 Å². The maximum Gasteiger partial charge on any atom is 0.235 e. The van der Waals surface area contributed by atoms with Crippen LogP contribution in [0.2, 0.25) is 0 Å². The Morgan fingerprint density at radius 3 is 2.59 bits per heavy atom. The van der Waals surface area contributed by atoms with Crippen molar-refractivity contribution < 1.29 is 13.7 Å². The monoisotopic (exact) mass is 482 g/mol. The quantitative estimate of drug-likeness (QED) is 0.642. The molecular weight excluding hydrogens is 448 g/mol. The third-order valence-electron chi connectivity index (χ3n) is 7.60. The molecule has 7 nitrogen and oxygen atoms in total. The molecule has 2 aromatic carbocycles. The zero-order valence-electron chi connectivity index (χ0n) is 20.2. The molecule has 2 fully saturated rings. The molecule has 1 saturated carbocycles. The predicted molar refractivity (Wildman–Crippen MR) is 137 cm³/mol. The number of ether oxygens (including phenoxy) is 1. The standard InChI is InChI=1S/C26H34N4O3S/c1-30-14-10-18(11-15-30)27-21-17-19(29-34(3,32)23-9-5-4-8-22(23)33-2)16-20-24(21)28-25(31)26(20)12-6-7-13-26/h4-5,8-9,16-18,27H,6-7,10-15H2,1-3H3,(H,28,31). The number of nitrogens with one attached hydrogen (secondary N) is 2. The van der Waals surface area contributed by atoms with E-state index in [1.807, 2.05) is 24.3 Å². The maximum atomic E-state index is 13.8. The summed E-state index contributed by atoms with van der Waals surface area (Å²) in [6, 6.07) is 11.6. The summed E-state index contributed by atoms with van der Waals surface area (Å²) in [7, 11) is 0.955. The number of benzene rings is 2. The van der Waals surface area contributed by atoms with Gasteiger partial charge in [0.15, 0.2) is 0 Å². The first-order valence-corrected chi connectivity index (χ1v) is 14.0. The molecule has 3 aliphatic rings. The van der Waals surface area contributed by atoms with E-state index in [2.05, 4.69) is 22.6 Å². The zero-order valence-corrected chi connectivity index (χ0v) is 21.0. The average Bonchev–Trinajstić information content (AvgIpc) is 3.42. The van der Waals surface area contributed by atoms with Crippen molar-refractivity contribution in [2.24, 2.45) is 4.36 Å². The Labute approximate surface area is 202 Å². The Bertz CT molecular complexity index is 1220. The highest BCUT2D eigenvalue weighted by Gasteiger charge is 2.49. The summed E-state index contributed by atoms with van der Waals surface area (Å²) in [6.45, 7) is 2.08. The molecule has 5 rings (SSSR count).